The molecular weight excluding hydrogens is 340 g/mol. The summed E-state index contributed by atoms with van der Waals surface area (Å²) < 4.78 is 23.0. The highest BCUT2D eigenvalue weighted by atomic mass is 32.2. The average Bonchev–Trinajstić information content (AvgIpc) is 2.87. The van der Waals surface area contributed by atoms with Gasteiger partial charge >= 0.3 is 0 Å². The van der Waals surface area contributed by atoms with Crippen LogP contribution in [0.15, 0.2) is 18.3 Å². The van der Waals surface area contributed by atoms with Crippen LogP contribution in [-0.2, 0) is 9.84 Å². The smallest absolute Gasteiger partial charge is 0.255 e. The number of anilines is 1. The summed E-state index contributed by atoms with van der Waals surface area (Å²) in [4.78, 5) is 23.3. The molecule has 2 saturated heterocycles. The molecule has 1 aromatic heterocycles. The first-order chi connectivity index (χ1) is 12.0. The van der Waals surface area contributed by atoms with E-state index in [9.17, 15) is 13.2 Å². The second-order valence-electron chi connectivity index (χ2n) is 6.62. The molecule has 1 amide bonds. The first kappa shape index (κ1) is 18.1. The third kappa shape index (κ3) is 4.49. The van der Waals surface area contributed by atoms with Crippen LogP contribution in [0.3, 0.4) is 0 Å². The molecule has 2 fully saturated rings. The fourth-order valence-corrected chi connectivity index (χ4v) is 4.52. The number of amides is 1. The van der Waals surface area contributed by atoms with Gasteiger partial charge in [-0.1, -0.05) is 6.92 Å². The molecule has 0 bridgehead atoms. The molecule has 2 aliphatic heterocycles. The zero-order chi connectivity index (χ0) is 17.9. The molecule has 25 heavy (non-hydrogen) atoms. The molecule has 0 atom stereocenters. The molecule has 0 N–H and O–H groups in total. The number of carbonyl (C=O) groups excluding carboxylic acids is 1. The average molecular weight is 366 g/mol. The van der Waals surface area contributed by atoms with Crippen molar-refractivity contribution in [2.45, 2.75) is 13.3 Å². The van der Waals surface area contributed by atoms with E-state index in [2.05, 4.69) is 21.7 Å². The number of carbonyl (C=O) groups is 1. The maximum atomic E-state index is 12.5. The highest BCUT2D eigenvalue weighted by Gasteiger charge is 2.26. The van der Waals surface area contributed by atoms with Gasteiger partial charge in [-0.05, 0) is 31.6 Å². The van der Waals surface area contributed by atoms with Gasteiger partial charge in [-0.3, -0.25) is 4.79 Å². The Hall–Kier alpha value is -1.67. The van der Waals surface area contributed by atoms with Crippen LogP contribution in [0, 0.1) is 0 Å². The van der Waals surface area contributed by atoms with Gasteiger partial charge in [-0.25, -0.2) is 13.4 Å². The fraction of sp³-hybridized carbons (Fsp3) is 0.647. The van der Waals surface area contributed by atoms with E-state index in [4.69, 9.17) is 0 Å². The van der Waals surface area contributed by atoms with Crippen LogP contribution in [0.5, 0.6) is 0 Å². The quantitative estimate of drug-likeness (QED) is 0.775. The Labute approximate surface area is 149 Å². The minimum Gasteiger partial charge on any atom is -0.355 e. The minimum absolute atomic E-state index is 0.0476. The van der Waals surface area contributed by atoms with E-state index in [0.29, 0.717) is 5.56 Å². The molecule has 3 heterocycles. The molecule has 0 aromatic carbocycles. The van der Waals surface area contributed by atoms with E-state index in [1.165, 1.54) is 0 Å². The van der Waals surface area contributed by atoms with E-state index in [1.807, 2.05) is 6.07 Å². The second kappa shape index (κ2) is 7.70. The van der Waals surface area contributed by atoms with Crippen molar-refractivity contribution in [3.8, 4) is 0 Å². The summed E-state index contributed by atoms with van der Waals surface area (Å²) in [5, 5.41) is 0. The molecule has 0 unspecified atom stereocenters. The van der Waals surface area contributed by atoms with Gasteiger partial charge in [-0.2, -0.15) is 0 Å². The van der Waals surface area contributed by atoms with Crippen molar-refractivity contribution in [2.75, 3.05) is 62.2 Å². The molecule has 138 valence electrons. The van der Waals surface area contributed by atoms with Crippen LogP contribution >= 0.6 is 0 Å². The summed E-state index contributed by atoms with van der Waals surface area (Å²) in [6.45, 7) is 7.84. The van der Waals surface area contributed by atoms with Gasteiger partial charge in [-0.15, -0.1) is 0 Å². The lowest BCUT2D eigenvalue weighted by molar-refractivity contribution is 0.0770. The second-order valence-corrected chi connectivity index (χ2v) is 8.93. The zero-order valence-corrected chi connectivity index (χ0v) is 15.5. The Balaban J connectivity index is 1.63. The number of hydrogen-bond donors (Lipinski definition) is 0. The van der Waals surface area contributed by atoms with Crippen molar-refractivity contribution in [2.24, 2.45) is 0 Å². The minimum atomic E-state index is -2.98. The Morgan fingerprint density at radius 3 is 2.48 bits per heavy atom. The first-order valence-electron chi connectivity index (χ1n) is 8.91. The van der Waals surface area contributed by atoms with Crippen molar-refractivity contribution in [3.05, 3.63) is 23.9 Å². The third-order valence-corrected chi connectivity index (χ3v) is 6.60. The lowest BCUT2D eigenvalue weighted by Crippen LogP contribution is -2.43. The molecular formula is C17H26N4O3S. The predicted octanol–water partition coefficient (Wildman–Crippen LogP) is 0.484. The summed E-state index contributed by atoms with van der Waals surface area (Å²) in [6.07, 6.45) is 2.72. The van der Waals surface area contributed by atoms with Gasteiger partial charge in [0.1, 0.15) is 5.82 Å². The Kier molecular flexibility index (Phi) is 5.58. The Morgan fingerprint density at radius 2 is 1.84 bits per heavy atom. The fourth-order valence-electron chi connectivity index (χ4n) is 3.31. The van der Waals surface area contributed by atoms with E-state index in [-0.39, 0.29) is 30.5 Å². The maximum absolute atomic E-state index is 12.5. The van der Waals surface area contributed by atoms with E-state index in [0.717, 1.165) is 45.0 Å². The maximum Gasteiger partial charge on any atom is 0.255 e. The van der Waals surface area contributed by atoms with Crippen molar-refractivity contribution in [1.29, 1.82) is 0 Å². The van der Waals surface area contributed by atoms with Gasteiger partial charge in [0.2, 0.25) is 0 Å². The summed E-state index contributed by atoms with van der Waals surface area (Å²) >= 11 is 0. The monoisotopic (exact) mass is 366 g/mol. The topological polar surface area (TPSA) is 73.8 Å². The van der Waals surface area contributed by atoms with Crippen LogP contribution in [0.25, 0.3) is 0 Å². The van der Waals surface area contributed by atoms with Gasteiger partial charge in [0.15, 0.2) is 9.84 Å². The Morgan fingerprint density at radius 1 is 1.08 bits per heavy atom. The van der Waals surface area contributed by atoms with Gasteiger partial charge < -0.3 is 14.7 Å². The summed E-state index contributed by atoms with van der Waals surface area (Å²) in [5.41, 5.74) is 0.521. The van der Waals surface area contributed by atoms with Gasteiger partial charge in [0.25, 0.3) is 5.91 Å². The molecule has 0 radical (unpaired) electrons. The van der Waals surface area contributed by atoms with E-state index >= 15 is 0 Å². The van der Waals surface area contributed by atoms with Crippen molar-refractivity contribution in [1.82, 2.24) is 14.8 Å². The molecule has 3 rings (SSSR count). The number of likely N-dealkylation sites (N-methyl/N-ethyl adjacent to an activating group) is 1. The van der Waals surface area contributed by atoms with E-state index < -0.39 is 9.84 Å². The highest BCUT2D eigenvalue weighted by molar-refractivity contribution is 7.91. The SMILES string of the molecule is CCN1CCCN(c2ccc(C(=O)N3CCS(=O)(=O)CC3)cn2)CC1. The molecule has 2 aliphatic rings. The molecule has 7 nitrogen and oxygen atoms in total. The lowest BCUT2D eigenvalue weighted by atomic mass is 10.2. The summed E-state index contributed by atoms with van der Waals surface area (Å²) in [6, 6.07) is 3.70. The van der Waals surface area contributed by atoms with Crippen molar-refractivity contribution >= 4 is 21.6 Å². The summed E-state index contributed by atoms with van der Waals surface area (Å²) in [7, 11) is -2.98. The predicted molar refractivity (Wildman–Crippen MR) is 97.7 cm³/mol. The normalized spacial score (nSPS) is 21.8. The number of aromatic nitrogens is 1. The largest absolute Gasteiger partial charge is 0.355 e. The zero-order valence-electron chi connectivity index (χ0n) is 14.7. The third-order valence-electron chi connectivity index (χ3n) is 4.99. The number of pyridine rings is 1. The van der Waals surface area contributed by atoms with Gasteiger partial charge in [0.05, 0.1) is 17.1 Å². The van der Waals surface area contributed by atoms with Crippen molar-refractivity contribution in [3.63, 3.8) is 0 Å². The Bertz CT molecular complexity index is 691. The molecule has 0 saturated carbocycles. The first-order valence-corrected chi connectivity index (χ1v) is 10.7. The van der Waals surface area contributed by atoms with E-state index in [1.54, 1.807) is 17.2 Å². The van der Waals surface area contributed by atoms with Crippen LogP contribution in [0.2, 0.25) is 0 Å². The van der Waals surface area contributed by atoms with Crippen LogP contribution in [0.1, 0.15) is 23.7 Å². The van der Waals surface area contributed by atoms with Crippen LogP contribution in [0.4, 0.5) is 5.82 Å². The van der Waals surface area contributed by atoms with Gasteiger partial charge in [0, 0.05) is 38.9 Å². The standard InChI is InChI=1S/C17H26N4O3S/c1-2-19-6-3-7-20(9-8-19)16-5-4-15(14-18-16)17(22)21-10-12-25(23,24)13-11-21/h4-5,14H,2-3,6-13H2,1H3. The molecule has 0 aliphatic carbocycles. The molecule has 8 heteroatoms. The number of rotatable bonds is 3. The number of hydrogen-bond acceptors (Lipinski definition) is 6. The van der Waals surface area contributed by atoms with Crippen LogP contribution in [-0.4, -0.2) is 86.4 Å². The lowest BCUT2D eigenvalue weighted by Gasteiger charge is -2.27. The highest BCUT2D eigenvalue weighted by Crippen LogP contribution is 2.16. The van der Waals surface area contributed by atoms with Crippen LogP contribution < -0.4 is 4.90 Å². The molecule has 0 spiro atoms. The molecule has 1 aromatic rings. The summed E-state index contributed by atoms with van der Waals surface area (Å²) in [5.74, 6) is 0.857. The number of nitrogens with zero attached hydrogens (tertiary/aromatic N) is 4. The van der Waals surface area contributed by atoms with Crippen molar-refractivity contribution < 1.29 is 13.2 Å². The number of sulfone groups is 1.